The topological polar surface area (TPSA) is 50.8 Å². The van der Waals surface area contributed by atoms with Gasteiger partial charge in [0.1, 0.15) is 13.2 Å². The molecule has 0 spiro atoms. The molecule has 28 heavy (non-hydrogen) atoms. The number of carbonyl (C=O) groups is 1. The molecule has 0 saturated heterocycles. The van der Waals surface area contributed by atoms with Crippen LogP contribution in [0.15, 0.2) is 42.5 Å². The number of ether oxygens (including phenoxy) is 2. The molecule has 5 nitrogen and oxygen atoms in total. The van der Waals surface area contributed by atoms with Crippen molar-refractivity contribution >= 4 is 11.6 Å². The third kappa shape index (κ3) is 5.16. The van der Waals surface area contributed by atoms with Gasteiger partial charge in [0.15, 0.2) is 11.5 Å². The number of hydrogen-bond acceptors (Lipinski definition) is 4. The molecule has 3 rings (SSSR count). The fourth-order valence-electron chi connectivity index (χ4n) is 2.91. The number of fused-ring (bicyclic) bond motifs is 1. The van der Waals surface area contributed by atoms with Crippen molar-refractivity contribution in [2.24, 2.45) is 0 Å². The molecule has 0 fully saturated rings. The zero-order valence-electron chi connectivity index (χ0n) is 15.4. The van der Waals surface area contributed by atoms with Crippen LogP contribution in [0.1, 0.15) is 18.1 Å². The minimum absolute atomic E-state index is 0.0567. The van der Waals surface area contributed by atoms with Gasteiger partial charge in [-0.05, 0) is 30.3 Å². The maximum absolute atomic E-state index is 12.9. The van der Waals surface area contributed by atoms with E-state index in [1.54, 1.807) is 29.2 Å². The maximum Gasteiger partial charge on any atom is 0.416 e. The van der Waals surface area contributed by atoms with E-state index in [0.717, 1.165) is 12.1 Å². The Morgan fingerprint density at radius 1 is 1.11 bits per heavy atom. The molecule has 2 aromatic carbocycles. The first kappa shape index (κ1) is 20.0. The summed E-state index contributed by atoms with van der Waals surface area (Å²) in [6.07, 6.45) is -4.39. The van der Waals surface area contributed by atoms with Gasteiger partial charge in [0.05, 0.1) is 12.1 Å². The number of rotatable bonds is 6. The number of nitrogens with one attached hydrogen (secondary N) is 1. The van der Waals surface area contributed by atoms with E-state index in [4.69, 9.17) is 9.47 Å². The van der Waals surface area contributed by atoms with Crippen LogP contribution < -0.4 is 14.8 Å². The second kappa shape index (κ2) is 8.52. The van der Waals surface area contributed by atoms with Crippen molar-refractivity contribution in [3.63, 3.8) is 0 Å². The highest BCUT2D eigenvalue weighted by Crippen LogP contribution is 2.32. The standard InChI is InChI=1S/C20H21F3N2O3/c1-2-25(12-14-4-3-5-15(10-14)20(21,22)23)13-19(26)24-16-6-7-17-18(11-16)28-9-8-27-17/h3-7,10-11H,2,8-9,12-13H2,1H3,(H,24,26). The Morgan fingerprint density at radius 3 is 2.57 bits per heavy atom. The van der Waals surface area contributed by atoms with E-state index in [1.165, 1.54) is 6.07 Å². The molecule has 1 N–H and O–H groups in total. The first-order chi connectivity index (χ1) is 13.3. The highest BCUT2D eigenvalue weighted by atomic mass is 19.4. The van der Waals surface area contributed by atoms with Crippen molar-refractivity contribution in [2.75, 3.05) is 31.6 Å². The van der Waals surface area contributed by atoms with Crippen molar-refractivity contribution in [1.82, 2.24) is 4.90 Å². The van der Waals surface area contributed by atoms with Crippen LogP contribution in [0.4, 0.5) is 18.9 Å². The Bertz CT molecular complexity index is 840. The molecule has 0 atom stereocenters. The molecule has 1 aliphatic rings. The maximum atomic E-state index is 12.9. The van der Waals surface area contributed by atoms with Gasteiger partial charge in [-0.15, -0.1) is 0 Å². The number of benzene rings is 2. The second-order valence-corrected chi connectivity index (χ2v) is 6.41. The number of nitrogens with zero attached hydrogens (tertiary/aromatic N) is 1. The number of anilines is 1. The monoisotopic (exact) mass is 394 g/mol. The largest absolute Gasteiger partial charge is 0.486 e. The highest BCUT2D eigenvalue weighted by Gasteiger charge is 2.30. The summed E-state index contributed by atoms with van der Waals surface area (Å²) in [5, 5.41) is 2.78. The fraction of sp³-hybridized carbons (Fsp3) is 0.350. The molecule has 1 aliphatic heterocycles. The lowest BCUT2D eigenvalue weighted by molar-refractivity contribution is -0.137. The predicted octanol–water partition coefficient (Wildman–Crippen LogP) is 3.94. The van der Waals surface area contributed by atoms with Crippen LogP contribution in [0.2, 0.25) is 0 Å². The van der Waals surface area contributed by atoms with Crippen LogP contribution in [-0.4, -0.2) is 37.1 Å². The molecule has 8 heteroatoms. The van der Waals surface area contributed by atoms with E-state index >= 15 is 0 Å². The van der Waals surface area contributed by atoms with Crippen molar-refractivity contribution in [2.45, 2.75) is 19.6 Å². The highest BCUT2D eigenvalue weighted by molar-refractivity contribution is 5.92. The summed E-state index contributed by atoms with van der Waals surface area (Å²) >= 11 is 0. The van der Waals surface area contributed by atoms with Gasteiger partial charge in [0.2, 0.25) is 5.91 Å². The average Bonchev–Trinajstić information content (AvgIpc) is 2.67. The summed E-state index contributed by atoms with van der Waals surface area (Å²) in [7, 11) is 0. The lowest BCUT2D eigenvalue weighted by Crippen LogP contribution is -2.32. The van der Waals surface area contributed by atoms with E-state index in [-0.39, 0.29) is 19.0 Å². The fourth-order valence-corrected chi connectivity index (χ4v) is 2.91. The van der Waals surface area contributed by atoms with E-state index in [1.807, 2.05) is 6.92 Å². The van der Waals surface area contributed by atoms with Crippen LogP contribution in [-0.2, 0) is 17.5 Å². The molecule has 150 valence electrons. The van der Waals surface area contributed by atoms with Gasteiger partial charge < -0.3 is 14.8 Å². The third-order valence-corrected chi connectivity index (χ3v) is 4.30. The summed E-state index contributed by atoms with van der Waals surface area (Å²) in [6.45, 7) is 3.61. The zero-order chi connectivity index (χ0) is 20.1. The number of amides is 1. The zero-order valence-corrected chi connectivity index (χ0v) is 15.4. The molecular formula is C20H21F3N2O3. The first-order valence-electron chi connectivity index (χ1n) is 8.93. The van der Waals surface area contributed by atoms with E-state index in [9.17, 15) is 18.0 Å². The van der Waals surface area contributed by atoms with E-state index in [0.29, 0.717) is 42.5 Å². The van der Waals surface area contributed by atoms with Crippen molar-refractivity contribution in [3.05, 3.63) is 53.6 Å². The van der Waals surface area contributed by atoms with Gasteiger partial charge >= 0.3 is 6.18 Å². The SMILES string of the molecule is CCN(CC(=O)Nc1ccc2c(c1)OCCO2)Cc1cccc(C(F)(F)F)c1. The predicted molar refractivity (Wildman–Crippen MR) is 98.5 cm³/mol. The van der Waals surface area contributed by atoms with Gasteiger partial charge in [-0.2, -0.15) is 13.2 Å². The molecule has 0 radical (unpaired) electrons. The normalized spacial score (nSPS) is 13.5. The van der Waals surface area contributed by atoms with Gasteiger partial charge in [0.25, 0.3) is 0 Å². The lowest BCUT2D eigenvalue weighted by atomic mass is 10.1. The van der Waals surface area contributed by atoms with Crippen molar-refractivity contribution < 1.29 is 27.4 Å². The summed E-state index contributed by atoms with van der Waals surface area (Å²) in [5.41, 5.74) is 0.384. The van der Waals surface area contributed by atoms with Gasteiger partial charge in [-0.25, -0.2) is 0 Å². The van der Waals surface area contributed by atoms with Gasteiger partial charge in [0, 0.05) is 18.3 Å². The Kier molecular flexibility index (Phi) is 6.08. The lowest BCUT2D eigenvalue weighted by Gasteiger charge is -2.21. The Morgan fingerprint density at radius 2 is 1.86 bits per heavy atom. The van der Waals surface area contributed by atoms with E-state index in [2.05, 4.69) is 5.32 Å². The van der Waals surface area contributed by atoms with Crippen LogP contribution in [0.25, 0.3) is 0 Å². The second-order valence-electron chi connectivity index (χ2n) is 6.41. The Hall–Kier alpha value is -2.74. The average molecular weight is 394 g/mol. The summed E-state index contributed by atoms with van der Waals surface area (Å²) < 4.78 is 49.5. The Balaban J connectivity index is 1.61. The van der Waals surface area contributed by atoms with E-state index < -0.39 is 11.7 Å². The number of carbonyl (C=O) groups excluding carboxylic acids is 1. The quantitative estimate of drug-likeness (QED) is 0.807. The molecule has 1 amide bonds. The summed E-state index contributed by atoms with van der Waals surface area (Å²) in [6, 6.07) is 10.3. The molecule has 0 unspecified atom stereocenters. The Labute approximate surface area is 161 Å². The molecule has 2 aromatic rings. The van der Waals surface area contributed by atoms with Crippen LogP contribution >= 0.6 is 0 Å². The minimum Gasteiger partial charge on any atom is -0.486 e. The molecule has 0 bridgehead atoms. The molecular weight excluding hydrogens is 373 g/mol. The van der Waals surface area contributed by atoms with Crippen molar-refractivity contribution in [1.29, 1.82) is 0 Å². The number of hydrogen-bond donors (Lipinski definition) is 1. The minimum atomic E-state index is -4.39. The smallest absolute Gasteiger partial charge is 0.416 e. The molecule has 1 heterocycles. The van der Waals surface area contributed by atoms with Crippen LogP contribution in [0.5, 0.6) is 11.5 Å². The number of alkyl halides is 3. The molecule has 0 aliphatic carbocycles. The van der Waals surface area contributed by atoms with Crippen LogP contribution in [0.3, 0.4) is 0 Å². The van der Waals surface area contributed by atoms with Crippen molar-refractivity contribution in [3.8, 4) is 11.5 Å². The summed E-state index contributed by atoms with van der Waals surface area (Å²) in [5.74, 6) is 0.940. The van der Waals surface area contributed by atoms with Crippen LogP contribution in [0, 0.1) is 0 Å². The third-order valence-electron chi connectivity index (χ3n) is 4.30. The molecule has 0 aromatic heterocycles. The number of likely N-dealkylation sites (N-methyl/N-ethyl adjacent to an activating group) is 1. The molecule has 0 saturated carbocycles. The van der Waals surface area contributed by atoms with Gasteiger partial charge in [-0.3, -0.25) is 9.69 Å². The first-order valence-corrected chi connectivity index (χ1v) is 8.93. The van der Waals surface area contributed by atoms with Gasteiger partial charge in [-0.1, -0.05) is 25.1 Å². The summed E-state index contributed by atoms with van der Waals surface area (Å²) in [4.78, 5) is 14.1. The number of halogens is 3.